The van der Waals surface area contributed by atoms with Crippen molar-refractivity contribution in [1.29, 1.82) is 0 Å². The highest BCUT2D eigenvalue weighted by Gasteiger charge is 2.11. The summed E-state index contributed by atoms with van der Waals surface area (Å²) in [5, 5.41) is 9.33. The molecule has 1 unspecified atom stereocenters. The van der Waals surface area contributed by atoms with Crippen LogP contribution < -0.4 is 4.74 Å². The standard InChI is InChI=1S/C41H76O3/c1-3-5-7-9-11-13-14-15-16-17-18-19-20-21-22-23-25-27-29-31-37-43-41(44-40-35-33-39(38-42)34-36-40)32-30-28-26-24-12-10-8-6-4-2/h33-36,41-42H,3-32,37-38H2,1-2H3. The first-order valence-electron chi connectivity index (χ1n) is 19.8. The van der Waals surface area contributed by atoms with Crippen LogP contribution >= 0.6 is 0 Å². The quantitative estimate of drug-likeness (QED) is 0.0609. The molecule has 0 amide bonds. The van der Waals surface area contributed by atoms with Crippen molar-refractivity contribution >= 4 is 0 Å². The molecule has 0 radical (unpaired) electrons. The van der Waals surface area contributed by atoms with E-state index in [9.17, 15) is 5.11 Å². The van der Waals surface area contributed by atoms with Gasteiger partial charge in [0.15, 0.2) is 6.29 Å². The molecular weight excluding hydrogens is 540 g/mol. The second-order valence-corrected chi connectivity index (χ2v) is 13.6. The number of rotatable bonds is 35. The summed E-state index contributed by atoms with van der Waals surface area (Å²) in [4.78, 5) is 0. The van der Waals surface area contributed by atoms with Crippen LogP contribution in [0.4, 0.5) is 0 Å². The Morgan fingerprint density at radius 3 is 1.16 bits per heavy atom. The molecule has 1 N–H and O–H groups in total. The van der Waals surface area contributed by atoms with Gasteiger partial charge in [-0.1, -0.05) is 199 Å². The first kappa shape index (κ1) is 41.0. The fourth-order valence-electron chi connectivity index (χ4n) is 6.20. The molecule has 1 atom stereocenters. The Bertz CT molecular complexity index is 673. The maximum atomic E-state index is 9.33. The van der Waals surface area contributed by atoms with Crippen LogP contribution in [-0.2, 0) is 11.3 Å². The summed E-state index contributed by atoms with van der Waals surface area (Å²) in [5.41, 5.74) is 0.915. The third kappa shape index (κ3) is 27.3. The number of aliphatic hydroxyl groups is 1. The summed E-state index contributed by atoms with van der Waals surface area (Å²) in [5.74, 6) is 0.839. The van der Waals surface area contributed by atoms with Crippen molar-refractivity contribution in [3.63, 3.8) is 0 Å². The average Bonchev–Trinajstić information content (AvgIpc) is 3.04. The SMILES string of the molecule is CCCCCCCCCCCCCCCCCCCCCCOC(CCCCCCCCCCC)Oc1ccc(CO)cc1. The maximum absolute atomic E-state index is 9.33. The van der Waals surface area contributed by atoms with Gasteiger partial charge < -0.3 is 14.6 Å². The summed E-state index contributed by atoms with van der Waals surface area (Å²) < 4.78 is 12.5. The Balaban J connectivity index is 2.01. The van der Waals surface area contributed by atoms with Gasteiger partial charge >= 0.3 is 0 Å². The number of benzene rings is 1. The maximum Gasteiger partial charge on any atom is 0.199 e. The van der Waals surface area contributed by atoms with Crippen LogP contribution in [0.1, 0.15) is 212 Å². The number of ether oxygens (including phenoxy) is 2. The molecule has 0 aliphatic heterocycles. The van der Waals surface area contributed by atoms with Gasteiger partial charge in [0.1, 0.15) is 5.75 Å². The molecule has 0 heterocycles. The molecule has 3 nitrogen and oxygen atoms in total. The van der Waals surface area contributed by atoms with Crippen molar-refractivity contribution in [1.82, 2.24) is 0 Å². The number of hydrogen-bond donors (Lipinski definition) is 1. The largest absolute Gasteiger partial charge is 0.465 e. The highest BCUT2D eigenvalue weighted by molar-refractivity contribution is 5.26. The van der Waals surface area contributed by atoms with Gasteiger partial charge in [-0.05, 0) is 30.5 Å². The van der Waals surface area contributed by atoms with Gasteiger partial charge in [-0.2, -0.15) is 0 Å². The Morgan fingerprint density at radius 1 is 0.455 bits per heavy atom. The zero-order valence-electron chi connectivity index (χ0n) is 29.8. The molecule has 0 aliphatic carbocycles. The van der Waals surface area contributed by atoms with Crippen molar-refractivity contribution in [2.75, 3.05) is 6.61 Å². The molecule has 0 bridgehead atoms. The van der Waals surface area contributed by atoms with Crippen molar-refractivity contribution in [2.24, 2.45) is 0 Å². The van der Waals surface area contributed by atoms with E-state index in [0.717, 1.165) is 37.2 Å². The normalized spacial score (nSPS) is 12.2. The summed E-state index contributed by atoms with van der Waals surface area (Å²) in [6, 6.07) is 7.78. The van der Waals surface area contributed by atoms with Gasteiger partial charge in [0.25, 0.3) is 0 Å². The summed E-state index contributed by atoms with van der Waals surface area (Å²) in [6.07, 6.45) is 40.9. The lowest BCUT2D eigenvalue weighted by molar-refractivity contribution is -0.0865. The zero-order chi connectivity index (χ0) is 31.6. The molecule has 0 saturated carbocycles. The molecule has 0 aliphatic rings. The third-order valence-electron chi connectivity index (χ3n) is 9.22. The lowest BCUT2D eigenvalue weighted by atomic mass is 10.0. The topological polar surface area (TPSA) is 38.7 Å². The van der Waals surface area contributed by atoms with Gasteiger partial charge in [0, 0.05) is 6.42 Å². The van der Waals surface area contributed by atoms with Crippen molar-refractivity contribution in [2.45, 2.75) is 219 Å². The van der Waals surface area contributed by atoms with Crippen LogP contribution in [0.3, 0.4) is 0 Å². The van der Waals surface area contributed by atoms with Crippen LogP contribution in [-0.4, -0.2) is 18.0 Å². The van der Waals surface area contributed by atoms with E-state index in [1.807, 2.05) is 24.3 Å². The highest BCUT2D eigenvalue weighted by atomic mass is 16.7. The zero-order valence-corrected chi connectivity index (χ0v) is 29.8. The summed E-state index contributed by atoms with van der Waals surface area (Å²) in [7, 11) is 0. The van der Waals surface area contributed by atoms with E-state index in [2.05, 4.69) is 13.8 Å². The Hall–Kier alpha value is -1.06. The highest BCUT2D eigenvalue weighted by Crippen LogP contribution is 2.19. The number of hydrogen-bond acceptors (Lipinski definition) is 3. The second kappa shape index (κ2) is 33.3. The summed E-state index contributed by atoms with van der Waals surface area (Å²) in [6.45, 7) is 5.44. The molecule has 258 valence electrons. The van der Waals surface area contributed by atoms with E-state index < -0.39 is 0 Å². The monoisotopic (exact) mass is 617 g/mol. The number of aliphatic hydroxyl groups excluding tert-OH is 1. The first-order valence-corrected chi connectivity index (χ1v) is 19.8. The third-order valence-corrected chi connectivity index (χ3v) is 9.22. The van der Waals surface area contributed by atoms with Crippen LogP contribution in [0, 0.1) is 0 Å². The van der Waals surface area contributed by atoms with Crippen molar-refractivity contribution in [3.8, 4) is 5.75 Å². The Kier molecular flexibility index (Phi) is 31.0. The van der Waals surface area contributed by atoms with Gasteiger partial charge in [0.05, 0.1) is 13.2 Å². The molecular formula is C41H76O3. The number of unbranched alkanes of at least 4 members (excludes halogenated alkanes) is 27. The Labute approximate surface area is 275 Å². The summed E-state index contributed by atoms with van der Waals surface area (Å²) >= 11 is 0. The predicted molar refractivity (Wildman–Crippen MR) is 193 cm³/mol. The second-order valence-electron chi connectivity index (χ2n) is 13.6. The van der Waals surface area contributed by atoms with E-state index in [1.165, 1.54) is 173 Å². The Morgan fingerprint density at radius 2 is 0.795 bits per heavy atom. The van der Waals surface area contributed by atoms with E-state index in [4.69, 9.17) is 9.47 Å². The lowest BCUT2D eigenvalue weighted by Gasteiger charge is -2.20. The van der Waals surface area contributed by atoms with Crippen LogP contribution in [0.2, 0.25) is 0 Å². The molecule has 3 heteroatoms. The van der Waals surface area contributed by atoms with E-state index in [1.54, 1.807) is 0 Å². The van der Waals surface area contributed by atoms with Crippen LogP contribution in [0.5, 0.6) is 5.75 Å². The van der Waals surface area contributed by atoms with Gasteiger partial charge in [-0.3, -0.25) is 0 Å². The van der Waals surface area contributed by atoms with Crippen LogP contribution in [0.15, 0.2) is 24.3 Å². The van der Waals surface area contributed by atoms with Gasteiger partial charge in [0.2, 0.25) is 0 Å². The molecule has 0 aromatic heterocycles. The minimum Gasteiger partial charge on any atom is -0.465 e. The first-order chi connectivity index (χ1) is 21.8. The van der Waals surface area contributed by atoms with E-state index in [-0.39, 0.29) is 12.9 Å². The fourth-order valence-corrected chi connectivity index (χ4v) is 6.20. The van der Waals surface area contributed by atoms with Gasteiger partial charge in [-0.25, -0.2) is 0 Å². The molecule has 1 rings (SSSR count). The molecule has 1 aromatic carbocycles. The average molecular weight is 617 g/mol. The van der Waals surface area contributed by atoms with Gasteiger partial charge in [-0.15, -0.1) is 0 Å². The molecule has 44 heavy (non-hydrogen) atoms. The molecule has 1 aromatic rings. The predicted octanol–water partition coefficient (Wildman–Crippen LogP) is 13.6. The van der Waals surface area contributed by atoms with Crippen LogP contribution in [0.25, 0.3) is 0 Å². The molecule has 0 fully saturated rings. The molecule has 0 spiro atoms. The van der Waals surface area contributed by atoms with E-state index >= 15 is 0 Å². The smallest absolute Gasteiger partial charge is 0.199 e. The minimum absolute atomic E-state index is 0.0676. The van der Waals surface area contributed by atoms with Crippen molar-refractivity contribution < 1.29 is 14.6 Å². The minimum atomic E-state index is -0.167. The fraction of sp³-hybridized carbons (Fsp3) is 0.854. The van der Waals surface area contributed by atoms with Crippen molar-refractivity contribution in [3.05, 3.63) is 29.8 Å². The molecule has 0 saturated heterocycles. The lowest BCUT2D eigenvalue weighted by Crippen LogP contribution is -2.21. The van der Waals surface area contributed by atoms with E-state index in [0.29, 0.717) is 0 Å².